The molecule has 4 heteroatoms. The number of carboxylic acids is 1. The van der Waals surface area contributed by atoms with E-state index in [4.69, 9.17) is 5.11 Å². The third-order valence-electron chi connectivity index (χ3n) is 4.07. The average Bonchev–Trinajstić information content (AvgIpc) is 2.73. The largest absolute Gasteiger partial charge is 0.481 e. The summed E-state index contributed by atoms with van der Waals surface area (Å²) in [5.74, 6) is 0.214. The second kappa shape index (κ2) is 4.44. The van der Waals surface area contributed by atoms with E-state index < -0.39 is 11.9 Å². The van der Waals surface area contributed by atoms with E-state index >= 15 is 0 Å². The van der Waals surface area contributed by atoms with Crippen LogP contribution in [0.5, 0.6) is 0 Å². The highest BCUT2D eigenvalue weighted by molar-refractivity contribution is 5.83. The first-order chi connectivity index (χ1) is 7.65. The molecule has 0 spiro atoms. The molecular weight excluding hydrogens is 206 g/mol. The molecule has 0 heterocycles. The number of rotatable bonds is 5. The topological polar surface area (TPSA) is 66.4 Å². The minimum absolute atomic E-state index is 0.0781. The molecule has 0 aromatic heterocycles. The van der Waals surface area contributed by atoms with E-state index in [-0.39, 0.29) is 18.4 Å². The van der Waals surface area contributed by atoms with Gasteiger partial charge in [-0.1, -0.05) is 13.3 Å². The van der Waals surface area contributed by atoms with Gasteiger partial charge in [-0.25, -0.2) is 0 Å². The van der Waals surface area contributed by atoms with E-state index in [0.717, 1.165) is 0 Å². The van der Waals surface area contributed by atoms with Gasteiger partial charge < -0.3 is 10.4 Å². The fourth-order valence-corrected chi connectivity index (χ4v) is 2.96. The Hall–Kier alpha value is -1.06. The molecular formula is C12H19NO3. The van der Waals surface area contributed by atoms with Crippen molar-refractivity contribution in [3.05, 3.63) is 0 Å². The Morgan fingerprint density at radius 2 is 2.00 bits per heavy atom. The first kappa shape index (κ1) is 11.4. The molecule has 0 radical (unpaired) electrons. The number of carbonyl (C=O) groups is 2. The van der Waals surface area contributed by atoms with Gasteiger partial charge in [-0.15, -0.1) is 0 Å². The summed E-state index contributed by atoms with van der Waals surface area (Å²) < 4.78 is 0. The molecule has 4 nitrogen and oxygen atoms in total. The van der Waals surface area contributed by atoms with Crippen LogP contribution in [0.2, 0.25) is 0 Å². The summed E-state index contributed by atoms with van der Waals surface area (Å²) >= 11 is 0. The zero-order valence-corrected chi connectivity index (χ0v) is 9.61. The number of carbonyl (C=O) groups excluding carboxylic acids is 1. The molecule has 16 heavy (non-hydrogen) atoms. The SMILES string of the molecule is CCC(CNC(=O)C1C2CCCC21)C(=O)O. The van der Waals surface area contributed by atoms with Gasteiger partial charge in [0.25, 0.3) is 0 Å². The quantitative estimate of drug-likeness (QED) is 0.740. The van der Waals surface area contributed by atoms with Crippen LogP contribution in [-0.4, -0.2) is 23.5 Å². The Bertz CT molecular complexity index is 293. The fourth-order valence-electron chi connectivity index (χ4n) is 2.96. The molecule has 3 atom stereocenters. The van der Waals surface area contributed by atoms with Gasteiger partial charge >= 0.3 is 5.97 Å². The van der Waals surface area contributed by atoms with Gasteiger partial charge in [0.1, 0.15) is 0 Å². The van der Waals surface area contributed by atoms with Crippen LogP contribution in [0.1, 0.15) is 32.6 Å². The van der Waals surface area contributed by atoms with Crippen LogP contribution in [0.4, 0.5) is 0 Å². The van der Waals surface area contributed by atoms with Crippen LogP contribution in [0, 0.1) is 23.7 Å². The molecule has 2 fully saturated rings. The van der Waals surface area contributed by atoms with E-state index in [1.54, 1.807) is 0 Å². The molecule has 0 aromatic carbocycles. The summed E-state index contributed by atoms with van der Waals surface area (Å²) in [6.07, 6.45) is 4.18. The number of fused-ring (bicyclic) bond motifs is 1. The summed E-state index contributed by atoms with van der Waals surface area (Å²) in [5, 5.41) is 11.6. The zero-order valence-electron chi connectivity index (χ0n) is 9.61. The third kappa shape index (κ3) is 2.06. The van der Waals surface area contributed by atoms with Crippen molar-refractivity contribution in [3.63, 3.8) is 0 Å². The second-order valence-corrected chi connectivity index (χ2v) is 4.97. The maximum absolute atomic E-state index is 11.8. The van der Waals surface area contributed by atoms with Crippen molar-refractivity contribution in [2.75, 3.05) is 6.54 Å². The Morgan fingerprint density at radius 1 is 1.38 bits per heavy atom. The molecule has 3 unspecified atom stereocenters. The zero-order chi connectivity index (χ0) is 11.7. The van der Waals surface area contributed by atoms with Crippen molar-refractivity contribution in [1.82, 2.24) is 5.32 Å². The highest BCUT2D eigenvalue weighted by Crippen LogP contribution is 2.57. The van der Waals surface area contributed by atoms with Crippen LogP contribution < -0.4 is 5.32 Å². The molecule has 0 aromatic rings. The van der Waals surface area contributed by atoms with Gasteiger partial charge in [0.2, 0.25) is 5.91 Å². The number of hydrogen-bond acceptors (Lipinski definition) is 2. The maximum Gasteiger partial charge on any atom is 0.308 e. The Morgan fingerprint density at radius 3 is 2.50 bits per heavy atom. The van der Waals surface area contributed by atoms with E-state index in [0.29, 0.717) is 18.3 Å². The molecule has 2 rings (SSSR count). The van der Waals surface area contributed by atoms with Crippen LogP contribution in [0.25, 0.3) is 0 Å². The van der Waals surface area contributed by atoms with E-state index in [1.807, 2.05) is 6.92 Å². The highest BCUT2D eigenvalue weighted by Gasteiger charge is 2.56. The van der Waals surface area contributed by atoms with Gasteiger partial charge in [-0.3, -0.25) is 9.59 Å². The lowest BCUT2D eigenvalue weighted by Crippen LogP contribution is -2.34. The lowest BCUT2D eigenvalue weighted by Gasteiger charge is -2.11. The minimum Gasteiger partial charge on any atom is -0.481 e. The fraction of sp³-hybridized carbons (Fsp3) is 0.833. The number of amides is 1. The molecule has 0 bridgehead atoms. The van der Waals surface area contributed by atoms with Crippen LogP contribution >= 0.6 is 0 Å². The highest BCUT2D eigenvalue weighted by atomic mass is 16.4. The summed E-state index contributed by atoms with van der Waals surface area (Å²) in [6.45, 7) is 2.11. The molecule has 2 N–H and O–H groups in total. The van der Waals surface area contributed by atoms with Crippen molar-refractivity contribution in [2.45, 2.75) is 32.6 Å². The van der Waals surface area contributed by atoms with Crippen LogP contribution in [-0.2, 0) is 9.59 Å². The second-order valence-electron chi connectivity index (χ2n) is 4.97. The standard InChI is InChI=1S/C12H19NO3/c1-2-7(12(15)16)6-13-11(14)10-8-4-3-5-9(8)10/h7-10H,2-6H2,1H3,(H,13,14)(H,15,16). The van der Waals surface area contributed by atoms with Gasteiger partial charge in [0.15, 0.2) is 0 Å². The molecule has 2 saturated carbocycles. The van der Waals surface area contributed by atoms with Crippen LogP contribution in [0.3, 0.4) is 0 Å². The van der Waals surface area contributed by atoms with Gasteiger partial charge in [-0.2, -0.15) is 0 Å². The summed E-state index contributed by atoms with van der Waals surface area (Å²) in [5.41, 5.74) is 0. The Labute approximate surface area is 95.4 Å². The predicted molar refractivity (Wildman–Crippen MR) is 58.7 cm³/mol. The number of hydrogen-bond donors (Lipinski definition) is 2. The molecule has 1 amide bonds. The summed E-state index contributed by atoms with van der Waals surface area (Å²) in [7, 11) is 0. The molecule has 0 aliphatic heterocycles. The monoisotopic (exact) mass is 225 g/mol. The van der Waals surface area contributed by atoms with Gasteiger partial charge in [-0.05, 0) is 31.1 Å². The van der Waals surface area contributed by atoms with Crippen molar-refractivity contribution in [1.29, 1.82) is 0 Å². The predicted octanol–water partition coefficient (Wildman–Crippen LogP) is 1.26. The first-order valence-electron chi connectivity index (χ1n) is 6.15. The van der Waals surface area contributed by atoms with Crippen molar-refractivity contribution < 1.29 is 14.7 Å². The number of carboxylic acid groups (broad SMARTS) is 1. The maximum atomic E-state index is 11.8. The van der Waals surface area contributed by atoms with Gasteiger partial charge in [0.05, 0.1) is 5.92 Å². The smallest absolute Gasteiger partial charge is 0.308 e. The van der Waals surface area contributed by atoms with Crippen molar-refractivity contribution in [2.24, 2.45) is 23.7 Å². The van der Waals surface area contributed by atoms with E-state index in [1.165, 1.54) is 19.3 Å². The van der Waals surface area contributed by atoms with Gasteiger partial charge in [0, 0.05) is 12.5 Å². The lowest BCUT2D eigenvalue weighted by molar-refractivity contribution is -0.141. The van der Waals surface area contributed by atoms with E-state index in [2.05, 4.69) is 5.32 Å². The summed E-state index contributed by atoms with van der Waals surface area (Å²) in [6, 6.07) is 0. The normalized spacial score (nSPS) is 32.9. The molecule has 2 aliphatic rings. The molecule has 0 saturated heterocycles. The Kier molecular flexibility index (Phi) is 3.17. The summed E-state index contributed by atoms with van der Waals surface area (Å²) in [4.78, 5) is 22.5. The number of aliphatic carboxylic acids is 1. The average molecular weight is 225 g/mol. The van der Waals surface area contributed by atoms with Crippen molar-refractivity contribution >= 4 is 11.9 Å². The number of nitrogens with one attached hydrogen (secondary N) is 1. The van der Waals surface area contributed by atoms with Crippen molar-refractivity contribution in [3.8, 4) is 0 Å². The van der Waals surface area contributed by atoms with Crippen LogP contribution in [0.15, 0.2) is 0 Å². The minimum atomic E-state index is -0.821. The molecule has 90 valence electrons. The molecule has 2 aliphatic carbocycles. The van der Waals surface area contributed by atoms with E-state index in [9.17, 15) is 9.59 Å². The Balaban J connectivity index is 1.74. The lowest BCUT2D eigenvalue weighted by atomic mass is 10.1. The third-order valence-corrected chi connectivity index (χ3v) is 4.07. The first-order valence-corrected chi connectivity index (χ1v) is 6.15.